The van der Waals surface area contributed by atoms with E-state index in [1.165, 1.54) is 0 Å². The van der Waals surface area contributed by atoms with Crippen molar-refractivity contribution in [2.24, 2.45) is 5.73 Å². The molecule has 15 heavy (non-hydrogen) atoms. The molecule has 0 spiro atoms. The number of hydrogen-bond donors (Lipinski definition) is 3. The molecule has 0 radical (unpaired) electrons. The SMILES string of the molecule is N[C@@H]1C(O)CC2[C@H]1NC(=O)c1cccn12. The van der Waals surface area contributed by atoms with Crippen molar-refractivity contribution in [2.45, 2.75) is 30.7 Å². The van der Waals surface area contributed by atoms with E-state index >= 15 is 0 Å². The molecule has 1 saturated carbocycles. The van der Waals surface area contributed by atoms with Gasteiger partial charge in [0, 0.05) is 6.20 Å². The maximum absolute atomic E-state index is 11.7. The zero-order chi connectivity index (χ0) is 10.6. The number of nitrogens with one attached hydrogen (secondary N) is 1. The number of carbonyl (C=O) groups is 1. The molecule has 80 valence electrons. The predicted molar refractivity (Wildman–Crippen MR) is 53.3 cm³/mol. The van der Waals surface area contributed by atoms with E-state index in [1.54, 1.807) is 6.07 Å². The smallest absolute Gasteiger partial charge is 0.268 e. The lowest BCUT2D eigenvalue weighted by atomic mass is 10.1. The Bertz CT molecular complexity index is 415. The van der Waals surface area contributed by atoms with Crippen molar-refractivity contribution in [3.05, 3.63) is 24.0 Å². The van der Waals surface area contributed by atoms with Crippen LogP contribution in [-0.2, 0) is 0 Å². The lowest BCUT2D eigenvalue weighted by Crippen LogP contribution is -2.53. The fourth-order valence-corrected chi connectivity index (χ4v) is 2.63. The number of aliphatic hydroxyl groups is 1. The Balaban J connectivity index is 2.07. The number of aliphatic hydroxyl groups excluding tert-OH is 1. The first-order valence-corrected chi connectivity index (χ1v) is 5.10. The van der Waals surface area contributed by atoms with E-state index in [0.717, 1.165) is 0 Å². The van der Waals surface area contributed by atoms with Crippen molar-refractivity contribution in [1.29, 1.82) is 0 Å². The standard InChI is InChI=1S/C10H13N3O2/c11-8-7(14)4-6-9(8)12-10(15)5-2-1-3-13(5)6/h1-3,6-9,14H,4,11H2,(H,12,15)/t6?,7?,8-,9-/m1/s1. The van der Waals surface area contributed by atoms with E-state index < -0.39 is 6.10 Å². The number of carbonyl (C=O) groups excluding carboxylic acids is 1. The van der Waals surface area contributed by atoms with Gasteiger partial charge in [0.25, 0.3) is 5.91 Å². The third-order valence-corrected chi connectivity index (χ3v) is 3.42. The van der Waals surface area contributed by atoms with Crippen molar-refractivity contribution < 1.29 is 9.90 Å². The van der Waals surface area contributed by atoms with Gasteiger partial charge in [-0.3, -0.25) is 4.79 Å². The average Bonchev–Trinajstić information content (AvgIpc) is 2.77. The molecule has 5 nitrogen and oxygen atoms in total. The first-order chi connectivity index (χ1) is 7.18. The lowest BCUT2D eigenvalue weighted by Gasteiger charge is -2.31. The van der Waals surface area contributed by atoms with Crippen LogP contribution < -0.4 is 11.1 Å². The number of aromatic nitrogens is 1. The van der Waals surface area contributed by atoms with Crippen LogP contribution in [-0.4, -0.2) is 33.8 Å². The molecule has 5 heteroatoms. The van der Waals surface area contributed by atoms with Gasteiger partial charge in [-0.1, -0.05) is 0 Å². The van der Waals surface area contributed by atoms with Crippen molar-refractivity contribution in [3.63, 3.8) is 0 Å². The molecule has 1 aromatic heterocycles. The number of amides is 1. The Hall–Kier alpha value is -1.33. The molecule has 1 aliphatic heterocycles. The fraction of sp³-hybridized carbons (Fsp3) is 0.500. The van der Waals surface area contributed by atoms with Gasteiger partial charge in [-0.25, -0.2) is 0 Å². The summed E-state index contributed by atoms with van der Waals surface area (Å²) in [4.78, 5) is 11.7. The van der Waals surface area contributed by atoms with Gasteiger partial charge in [0.05, 0.1) is 24.2 Å². The highest BCUT2D eigenvalue weighted by atomic mass is 16.3. The van der Waals surface area contributed by atoms with E-state index in [9.17, 15) is 9.90 Å². The summed E-state index contributed by atoms with van der Waals surface area (Å²) in [5.74, 6) is -0.106. The van der Waals surface area contributed by atoms with E-state index in [-0.39, 0.29) is 24.0 Å². The number of hydrogen-bond acceptors (Lipinski definition) is 3. The molecule has 1 aromatic rings. The van der Waals surface area contributed by atoms with Crippen molar-refractivity contribution >= 4 is 5.91 Å². The van der Waals surface area contributed by atoms with Gasteiger partial charge >= 0.3 is 0 Å². The highest BCUT2D eigenvalue weighted by Crippen LogP contribution is 2.33. The van der Waals surface area contributed by atoms with Gasteiger partial charge < -0.3 is 20.7 Å². The van der Waals surface area contributed by atoms with Crippen LogP contribution in [0.25, 0.3) is 0 Å². The molecule has 2 heterocycles. The van der Waals surface area contributed by atoms with Gasteiger partial charge in [-0.15, -0.1) is 0 Å². The Kier molecular flexibility index (Phi) is 1.69. The van der Waals surface area contributed by atoms with Crippen LogP contribution in [0.2, 0.25) is 0 Å². The van der Waals surface area contributed by atoms with Crippen LogP contribution in [0, 0.1) is 0 Å². The van der Waals surface area contributed by atoms with Crippen LogP contribution in [0.15, 0.2) is 18.3 Å². The molecule has 0 aromatic carbocycles. The second-order valence-corrected chi connectivity index (χ2v) is 4.25. The van der Waals surface area contributed by atoms with Crippen LogP contribution in [0.3, 0.4) is 0 Å². The topological polar surface area (TPSA) is 80.3 Å². The molecule has 4 N–H and O–H groups in total. The van der Waals surface area contributed by atoms with Crippen molar-refractivity contribution in [2.75, 3.05) is 0 Å². The average molecular weight is 207 g/mol. The van der Waals surface area contributed by atoms with E-state index in [0.29, 0.717) is 12.1 Å². The van der Waals surface area contributed by atoms with Gasteiger partial charge in [0.1, 0.15) is 5.69 Å². The predicted octanol–water partition coefficient (Wildman–Crippen LogP) is -0.767. The summed E-state index contributed by atoms with van der Waals surface area (Å²) in [7, 11) is 0. The van der Waals surface area contributed by atoms with Crippen LogP contribution >= 0.6 is 0 Å². The second-order valence-electron chi connectivity index (χ2n) is 4.25. The normalized spacial score (nSPS) is 38.4. The molecule has 0 saturated heterocycles. The van der Waals surface area contributed by atoms with E-state index in [2.05, 4.69) is 5.32 Å². The molecule has 1 amide bonds. The quantitative estimate of drug-likeness (QED) is 0.522. The molecular formula is C10H13N3O2. The Labute approximate surface area is 86.9 Å². The maximum Gasteiger partial charge on any atom is 0.268 e. The Morgan fingerprint density at radius 2 is 2.40 bits per heavy atom. The monoisotopic (exact) mass is 207 g/mol. The first kappa shape index (κ1) is 8.94. The minimum atomic E-state index is -0.534. The minimum absolute atomic E-state index is 0.0951. The highest BCUT2D eigenvalue weighted by Gasteiger charge is 2.45. The molecule has 2 unspecified atom stereocenters. The Morgan fingerprint density at radius 3 is 3.20 bits per heavy atom. The first-order valence-electron chi connectivity index (χ1n) is 5.10. The van der Waals surface area contributed by atoms with Crippen LogP contribution in [0.5, 0.6) is 0 Å². The summed E-state index contributed by atoms with van der Waals surface area (Å²) in [5, 5.41) is 12.5. The molecule has 4 atom stereocenters. The molecule has 2 aliphatic rings. The summed E-state index contributed by atoms with van der Waals surface area (Å²) in [5.41, 5.74) is 6.49. The zero-order valence-electron chi connectivity index (χ0n) is 8.13. The van der Waals surface area contributed by atoms with Gasteiger partial charge in [0.15, 0.2) is 0 Å². The third-order valence-electron chi connectivity index (χ3n) is 3.42. The Morgan fingerprint density at radius 1 is 1.60 bits per heavy atom. The summed E-state index contributed by atoms with van der Waals surface area (Å²) >= 11 is 0. The summed E-state index contributed by atoms with van der Waals surface area (Å²) < 4.78 is 1.92. The highest BCUT2D eigenvalue weighted by molar-refractivity contribution is 5.94. The molecule has 1 fully saturated rings. The molecule has 0 bridgehead atoms. The maximum atomic E-state index is 11.7. The molecule has 1 aliphatic carbocycles. The third kappa shape index (κ3) is 1.07. The van der Waals surface area contributed by atoms with Gasteiger partial charge in [-0.2, -0.15) is 0 Å². The van der Waals surface area contributed by atoms with E-state index in [4.69, 9.17) is 5.73 Å². The summed E-state index contributed by atoms with van der Waals surface area (Å²) in [6.45, 7) is 0. The van der Waals surface area contributed by atoms with Crippen molar-refractivity contribution in [3.8, 4) is 0 Å². The number of nitrogens with two attached hydrogens (primary N) is 1. The molecule has 3 rings (SSSR count). The minimum Gasteiger partial charge on any atom is -0.391 e. The summed E-state index contributed by atoms with van der Waals surface area (Å²) in [6.07, 6.45) is 1.94. The van der Waals surface area contributed by atoms with Crippen LogP contribution in [0.1, 0.15) is 23.0 Å². The summed E-state index contributed by atoms with van der Waals surface area (Å²) in [6, 6.07) is 3.20. The van der Waals surface area contributed by atoms with Crippen LogP contribution in [0.4, 0.5) is 0 Å². The zero-order valence-corrected chi connectivity index (χ0v) is 8.13. The fourth-order valence-electron chi connectivity index (χ4n) is 2.63. The van der Waals surface area contributed by atoms with Gasteiger partial charge in [-0.05, 0) is 18.6 Å². The number of rotatable bonds is 0. The van der Waals surface area contributed by atoms with E-state index in [1.807, 2.05) is 16.8 Å². The van der Waals surface area contributed by atoms with Crippen molar-refractivity contribution in [1.82, 2.24) is 9.88 Å². The largest absolute Gasteiger partial charge is 0.391 e. The number of nitrogens with zero attached hydrogens (tertiary/aromatic N) is 1. The molecular weight excluding hydrogens is 194 g/mol. The second kappa shape index (κ2) is 2.84. The lowest BCUT2D eigenvalue weighted by molar-refractivity contribution is 0.0881. The van der Waals surface area contributed by atoms with Gasteiger partial charge in [0.2, 0.25) is 0 Å². The number of fused-ring (bicyclic) bond motifs is 3.